The zero-order valence-electron chi connectivity index (χ0n) is 14.8. The molecule has 1 fully saturated rings. The number of fused-ring (bicyclic) bond motifs is 1. The number of carbonyl (C=O) groups is 1. The van der Waals surface area contributed by atoms with Crippen LogP contribution < -0.4 is 5.73 Å². The Kier molecular flexibility index (Phi) is 5.35. The molecule has 2 unspecified atom stereocenters. The third kappa shape index (κ3) is 2.97. The number of carbonyl (C=O) groups excluding carboxylic acids is 1. The number of hydrogen-bond donors (Lipinski definition) is 1. The molecule has 26 heavy (non-hydrogen) atoms. The molecule has 11 heteroatoms. The van der Waals surface area contributed by atoms with E-state index < -0.39 is 23.0 Å². The van der Waals surface area contributed by atoms with Crippen LogP contribution in [0.25, 0.3) is 0 Å². The predicted octanol–water partition coefficient (Wildman–Crippen LogP) is 1.59. The van der Waals surface area contributed by atoms with Gasteiger partial charge in [0.15, 0.2) is 5.82 Å². The highest BCUT2D eigenvalue weighted by atomic mass is 35.5. The van der Waals surface area contributed by atoms with E-state index in [0.717, 1.165) is 4.57 Å². The molecule has 2 aliphatic rings. The minimum Gasteiger partial charge on any atom is -0.378 e. The van der Waals surface area contributed by atoms with Crippen LogP contribution >= 0.6 is 12.4 Å². The fourth-order valence-corrected chi connectivity index (χ4v) is 3.62. The monoisotopic (exact) mass is 397 g/mol. The van der Waals surface area contributed by atoms with Gasteiger partial charge in [-0.25, -0.2) is 0 Å². The lowest BCUT2D eigenvalue weighted by Crippen LogP contribution is -2.76. The summed E-state index contributed by atoms with van der Waals surface area (Å²) in [4.78, 5) is 14.4. The normalized spacial score (nSPS) is 27.3. The first-order chi connectivity index (χ1) is 11.5. The summed E-state index contributed by atoms with van der Waals surface area (Å²) in [6.07, 6.45) is -4.28. The number of hydrogen-bond acceptors (Lipinski definition) is 5. The van der Waals surface area contributed by atoms with Gasteiger partial charge in [0.1, 0.15) is 5.54 Å². The van der Waals surface area contributed by atoms with Crippen molar-refractivity contribution in [3.63, 3.8) is 0 Å². The molecular weight excluding hydrogens is 375 g/mol. The maximum atomic E-state index is 12.9. The highest BCUT2D eigenvalue weighted by molar-refractivity contribution is 5.89. The van der Waals surface area contributed by atoms with E-state index in [2.05, 4.69) is 10.2 Å². The molecule has 0 bridgehead atoms. The molecule has 1 aliphatic heterocycles. The molecule has 1 aliphatic carbocycles. The van der Waals surface area contributed by atoms with Crippen LogP contribution in [0.5, 0.6) is 0 Å². The van der Waals surface area contributed by atoms with Crippen molar-refractivity contribution in [3.05, 3.63) is 11.6 Å². The third-order valence-electron chi connectivity index (χ3n) is 5.51. The van der Waals surface area contributed by atoms with Gasteiger partial charge in [-0.1, -0.05) is 13.8 Å². The van der Waals surface area contributed by atoms with Crippen molar-refractivity contribution >= 4 is 18.3 Å². The zero-order valence-corrected chi connectivity index (χ0v) is 15.7. The second-order valence-electron chi connectivity index (χ2n) is 7.16. The Hall–Kier alpha value is -1.39. The second-order valence-corrected chi connectivity index (χ2v) is 7.16. The Balaban J connectivity index is 0.00000243. The van der Waals surface area contributed by atoms with Crippen LogP contribution in [0.15, 0.2) is 0 Å². The molecule has 1 aromatic rings. The minimum absolute atomic E-state index is 0. The predicted molar refractivity (Wildman–Crippen MR) is 88.4 cm³/mol. The van der Waals surface area contributed by atoms with Gasteiger partial charge >= 0.3 is 6.18 Å². The summed E-state index contributed by atoms with van der Waals surface area (Å²) in [5.74, 6) is -1.19. The summed E-state index contributed by atoms with van der Waals surface area (Å²) in [5, 5.41) is 6.82. The number of aromatic nitrogens is 3. The molecular formula is C15H23ClF3N5O2. The fourth-order valence-electron chi connectivity index (χ4n) is 3.62. The molecule has 1 amide bonds. The lowest BCUT2D eigenvalue weighted by atomic mass is 9.54. The van der Waals surface area contributed by atoms with Crippen molar-refractivity contribution in [2.75, 3.05) is 13.2 Å². The lowest BCUT2D eigenvalue weighted by molar-refractivity contribution is -0.180. The quantitative estimate of drug-likeness (QED) is 0.837. The van der Waals surface area contributed by atoms with Crippen LogP contribution in [0.1, 0.15) is 38.8 Å². The van der Waals surface area contributed by atoms with Gasteiger partial charge in [-0.05, 0) is 6.92 Å². The van der Waals surface area contributed by atoms with Gasteiger partial charge < -0.3 is 19.9 Å². The van der Waals surface area contributed by atoms with Crippen molar-refractivity contribution in [1.82, 2.24) is 19.7 Å². The third-order valence-corrected chi connectivity index (χ3v) is 5.51. The summed E-state index contributed by atoms with van der Waals surface area (Å²) < 4.78 is 45.3. The van der Waals surface area contributed by atoms with Gasteiger partial charge in [-0.3, -0.25) is 4.79 Å². The number of nitrogens with zero attached hydrogens (tertiary/aromatic N) is 4. The van der Waals surface area contributed by atoms with E-state index in [-0.39, 0.29) is 49.9 Å². The van der Waals surface area contributed by atoms with Gasteiger partial charge in [0.05, 0.1) is 12.6 Å². The lowest BCUT2D eigenvalue weighted by Gasteiger charge is -2.58. The molecule has 1 aromatic heterocycles. The molecule has 0 aromatic carbocycles. The first-order valence-electron chi connectivity index (χ1n) is 8.21. The fraction of sp³-hybridized carbons (Fsp3) is 0.800. The van der Waals surface area contributed by atoms with Crippen LogP contribution in [0, 0.1) is 5.41 Å². The van der Waals surface area contributed by atoms with E-state index in [1.165, 1.54) is 4.90 Å². The van der Waals surface area contributed by atoms with E-state index in [9.17, 15) is 18.0 Å². The molecule has 2 N–H and O–H groups in total. The van der Waals surface area contributed by atoms with E-state index in [4.69, 9.17) is 10.5 Å². The number of halogens is 4. The van der Waals surface area contributed by atoms with Crippen molar-refractivity contribution in [2.24, 2.45) is 11.1 Å². The average Bonchev–Trinajstić information content (AvgIpc) is 2.96. The van der Waals surface area contributed by atoms with Crippen LogP contribution in [0.3, 0.4) is 0 Å². The first-order valence-corrected chi connectivity index (χ1v) is 8.21. The Morgan fingerprint density at radius 3 is 2.54 bits per heavy atom. The van der Waals surface area contributed by atoms with E-state index in [1.54, 1.807) is 0 Å². The highest BCUT2D eigenvalue weighted by Gasteiger charge is 2.64. The summed E-state index contributed by atoms with van der Waals surface area (Å²) in [6, 6.07) is 0. The molecule has 0 radical (unpaired) electrons. The Bertz CT molecular complexity index is 693. The maximum Gasteiger partial charge on any atom is 0.451 e. The summed E-state index contributed by atoms with van der Waals surface area (Å²) in [6.45, 7) is 6.27. The van der Waals surface area contributed by atoms with Gasteiger partial charge in [0.2, 0.25) is 11.7 Å². The molecule has 1 saturated carbocycles. The Morgan fingerprint density at radius 2 is 2.00 bits per heavy atom. The van der Waals surface area contributed by atoms with Gasteiger partial charge in [0.25, 0.3) is 0 Å². The number of alkyl halides is 3. The largest absolute Gasteiger partial charge is 0.451 e. The Labute approximate surface area is 155 Å². The van der Waals surface area contributed by atoms with Crippen LogP contribution in [0.4, 0.5) is 13.2 Å². The van der Waals surface area contributed by atoms with Gasteiger partial charge in [0, 0.05) is 31.5 Å². The van der Waals surface area contributed by atoms with E-state index in [0.29, 0.717) is 13.0 Å². The summed E-state index contributed by atoms with van der Waals surface area (Å²) in [5.41, 5.74) is 4.73. The maximum absolute atomic E-state index is 12.9. The van der Waals surface area contributed by atoms with Crippen molar-refractivity contribution in [3.8, 4) is 0 Å². The standard InChI is InChI=1S/C15H22F3N5O2.ClH/c1-4-25-9-7-14(19,13(9,2)3)12(24)22-5-6-23-10(8-22)20-21-11(23)15(16,17)18;/h9H,4-8,19H2,1-3H3;1H. The average molecular weight is 398 g/mol. The van der Waals surface area contributed by atoms with Crippen LogP contribution in [-0.2, 0) is 28.8 Å². The smallest absolute Gasteiger partial charge is 0.378 e. The number of ether oxygens (including phenoxy) is 1. The topological polar surface area (TPSA) is 86.3 Å². The molecule has 3 rings (SSSR count). The minimum atomic E-state index is -4.56. The van der Waals surface area contributed by atoms with Crippen LogP contribution in [0.2, 0.25) is 0 Å². The molecule has 2 atom stereocenters. The highest BCUT2D eigenvalue weighted by Crippen LogP contribution is 2.50. The molecule has 0 spiro atoms. The van der Waals surface area contributed by atoms with Gasteiger partial charge in [-0.2, -0.15) is 13.2 Å². The molecule has 0 saturated heterocycles. The van der Waals surface area contributed by atoms with E-state index >= 15 is 0 Å². The zero-order chi connectivity index (χ0) is 18.6. The van der Waals surface area contributed by atoms with Crippen LogP contribution in [-0.4, -0.2) is 50.4 Å². The SMILES string of the molecule is CCOC1CC(N)(C(=O)N2CCn3c(nnc3C(F)(F)F)C2)C1(C)C.Cl. The first kappa shape index (κ1) is 20.9. The van der Waals surface area contributed by atoms with Crippen molar-refractivity contribution < 1.29 is 22.7 Å². The molecule has 2 heterocycles. The number of rotatable bonds is 3. The number of nitrogens with two attached hydrogens (primary N) is 1. The second kappa shape index (κ2) is 6.65. The molecule has 7 nitrogen and oxygen atoms in total. The Morgan fingerprint density at radius 1 is 1.35 bits per heavy atom. The van der Waals surface area contributed by atoms with Crippen molar-refractivity contribution in [2.45, 2.75) is 58.1 Å². The van der Waals surface area contributed by atoms with E-state index in [1.807, 2.05) is 20.8 Å². The van der Waals surface area contributed by atoms with Crippen molar-refractivity contribution in [1.29, 1.82) is 0 Å². The summed E-state index contributed by atoms with van der Waals surface area (Å²) >= 11 is 0. The molecule has 148 valence electrons. The number of amides is 1. The summed E-state index contributed by atoms with van der Waals surface area (Å²) in [7, 11) is 0. The van der Waals surface area contributed by atoms with Gasteiger partial charge in [-0.15, -0.1) is 22.6 Å².